The second kappa shape index (κ2) is 8.64. The molecule has 3 aliphatic heterocycles. The summed E-state index contributed by atoms with van der Waals surface area (Å²) in [5, 5.41) is 49.7. The fraction of sp³-hybridized carbons (Fsp3) is 0.929. The lowest BCUT2D eigenvalue weighted by atomic mass is 9.96. The molecular formula is C14H22NO13S-. The van der Waals surface area contributed by atoms with Crippen LogP contribution in [0.3, 0.4) is 0 Å². The molecule has 3 aliphatic rings. The molecule has 0 aliphatic carbocycles. The number of ether oxygens (including phenoxy) is 4. The highest BCUT2D eigenvalue weighted by atomic mass is 32.3. The van der Waals surface area contributed by atoms with E-state index in [0.29, 0.717) is 0 Å². The fourth-order valence-corrected chi connectivity index (χ4v) is 3.64. The Bertz CT molecular complexity index is 714. The Morgan fingerprint density at radius 1 is 1.07 bits per heavy atom. The van der Waals surface area contributed by atoms with Gasteiger partial charge in [-0.1, -0.05) is 0 Å². The van der Waals surface area contributed by atoms with Crippen LogP contribution in [-0.4, -0.2) is 119 Å². The van der Waals surface area contributed by atoms with Crippen LogP contribution in [0.5, 0.6) is 0 Å². The summed E-state index contributed by atoms with van der Waals surface area (Å²) >= 11 is 0. The third-order valence-corrected chi connectivity index (χ3v) is 5.20. The highest BCUT2D eigenvalue weighted by molar-refractivity contribution is 7.80. The summed E-state index contributed by atoms with van der Waals surface area (Å²) in [7, 11) is -5.09. The number of nitrogens with zero attached hydrogens (tertiary/aromatic N) is 1. The Hall–Kier alpha value is -0.980. The lowest BCUT2D eigenvalue weighted by molar-refractivity contribution is -0.341. The first-order valence-electron chi connectivity index (χ1n) is 8.62. The Morgan fingerprint density at radius 3 is 2.38 bits per heavy atom. The normalized spacial score (nSPS) is 45.4. The molecule has 0 unspecified atom stereocenters. The topological polar surface area (TPSA) is 217 Å². The van der Waals surface area contributed by atoms with E-state index in [1.165, 1.54) is 6.92 Å². The molecule has 14 nitrogen and oxygen atoms in total. The largest absolute Gasteiger partial charge is 0.726 e. The van der Waals surface area contributed by atoms with Crippen LogP contribution in [0.1, 0.15) is 6.92 Å². The summed E-state index contributed by atoms with van der Waals surface area (Å²) in [6, 6.07) is -0.968. The van der Waals surface area contributed by atoms with Gasteiger partial charge in [0, 0.05) is 6.92 Å². The van der Waals surface area contributed by atoms with Gasteiger partial charge in [-0.15, -0.1) is 0 Å². The van der Waals surface area contributed by atoms with Gasteiger partial charge in [0.2, 0.25) is 16.7 Å². The predicted octanol–water partition coefficient (Wildman–Crippen LogP) is -4.45. The van der Waals surface area contributed by atoms with E-state index in [-0.39, 0.29) is 5.90 Å². The van der Waals surface area contributed by atoms with Crippen molar-refractivity contribution in [3.63, 3.8) is 0 Å². The van der Waals surface area contributed by atoms with Gasteiger partial charge in [0.25, 0.3) is 0 Å². The number of aliphatic hydroxyl groups excluding tert-OH is 5. The molecule has 0 amide bonds. The number of aliphatic hydroxyl groups is 5. The molecule has 5 N–H and O–H groups in total. The first kappa shape index (κ1) is 22.7. The van der Waals surface area contributed by atoms with E-state index in [1.807, 2.05) is 0 Å². The van der Waals surface area contributed by atoms with Crippen molar-refractivity contribution in [2.45, 2.75) is 68.3 Å². The van der Waals surface area contributed by atoms with E-state index >= 15 is 0 Å². The summed E-state index contributed by atoms with van der Waals surface area (Å²) in [6.07, 6.45) is -13.5. The standard InChI is InChI=1S/C14H23NO13S/c1-4-15-7-9(18)12(6(27-13(7)25-4)3-24-29(21,22)23)28-14-11(20)10(19)8(17)5(2-16)26-14/h5-14,16-20H,2-3H2,1H3,(H,21,22,23)/p-1/t5-,6-,7-,8+,9-,10+,11-,12-,13+,14+/m1/s1. The Morgan fingerprint density at radius 2 is 1.76 bits per heavy atom. The zero-order valence-corrected chi connectivity index (χ0v) is 15.9. The van der Waals surface area contributed by atoms with Crippen LogP contribution in [0.15, 0.2) is 4.99 Å². The summed E-state index contributed by atoms with van der Waals surface area (Å²) in [5.41, 5.74) is 0. The van der Waals surface area contributed by atoms with Gasteiger partial charge in [0.1, 0.15) is 48.8 Å². The van der Waals surface area contributed by atoms with Gasteiger partial charge in [-0.05, 0) is 0 Å². The molecule has 29 heavy (non-hydrogen) atoms. The molecule has 10 atom stereocenters. The minimum absolute atomic E-state index is 0.184. The van der Waals surface area contributed by atoms with Crippen molar-refractivity contribution in [3.05, 3.63) is 0 Å². The lowest BCUT2D eigenvalue weighted by Gasteiger charge is -2.45. The maximum Gasteiger partial charge on any atom is 0.227 e. The maximum absolute atomic E-state index is 10.8. The van der Waals surface area contributed by atoms with Crippen molar-refractivity contribution < 1.29 is 61.6 Å². The Balaban J connectivity index is 1.80. The average molecular weight is 444 g/mol. The van der Waals surface area contributed by atoms with E-state index in [9.17, 15) is 38.5 Å². The van der Waals surface area contributed by atoms with E-state index in [4.69, 9.17) is 18.9 Å². The van der Waals surface area contributed by atoms with E-state index in [2.05, 4.69) is 9.18 Å². The maximum atomic E-state index is 10.8. The van der Waals surface area contributed by atoms with Gasteiger partial charge in [0.15, 0.2) is 12.2 Å². The van der Waals surface area contributed by atoms with Crippen LogP contribution in [0.25, 0.3) is 0 Å². The van der Waals surface area contributed by atoms with Crippen molar-refractivity contribution in [2.24, 2.45) is 4.99 Å². The van der Waals surface area contributed by atoms with Gasteiger partial charge in [-0.3, -0.25) is 4.18 Å². The number of hydrogen-bond acceptors (Lipinski definition) is 14. The second-order valence-electron chi connectivity index (χ2n) is 6.78. The fourth-order valence-electron chi connectivity index (χ4n) is 3.34. The van der Waals surface area contributed by atoms with Crippen LogP contribution in [0.4, 0.5) is 0 Å². The van der Waals surface area contributed by atoms with Crippen LogP contribution in [0.2, 0.25) is 0 Å². The smallest absolute Gasteiger partial charge is 0.227 e. The van der Waals surface area contributed by atoms with Gasteiger partial charge in [0.05, 0.1) is 13.2 Å². The molecule has 0 aromatic heterocycles. The molecule has 2 saturated heterocycles. The molecule has 2 fully saturated rings. The summed E-state index contributed by atoms with van der Waals surface area (Å²) < 4.78 is 58.1. The molecule has 3 rings (SSSR count). The number of rotatable bonds is 6. The highest BCUT2D eigenvalue weighted by Crippen LogP contribution is 2.33. The van der Waals surface area contributed by atoms with Crippen molar-refractivity contribution in [1.82, 2.24) is 0 Å². The summed E-state index contributed by atoms with van der Waals surface area (Å²) in [6.45, 7) is -0.0659. The average Bonchev–Trinajstić information content (AvgIpc) is 3.02. The molecule has 0 radical (unpaired) electrons. The lowest BCUT2D eigenvalue weighted by Crippen LogP contribution is -2.64. The van der Waals surface area contributed by atoms with E-state index < -0.39 is 85.0 Å². The minimum Gasteiger partial charge on any atom is -0.726 e. The monoisotopic (exact) mass is 444 g/mol. The quantitative estimate of drug-likeness (QED) is 0.193. The third-order valence-electron chi connectivity index (χ3n) is 4.77. The molecule has 0 spiro atoms. The minimum atomic E-state index is -5.09. The molecule has 168 valence electrons. The zero-order chi connectivity index (χ0) is 21.5. The second-order valence-corrected chi connectivity index (χ2v) is 7.83. The van der Waals surface area contributed by atoms with Crippen molar-refractivity contribution >= 4 is 16.3 Å². The van der Waals surface area contributed by atoms with Gasteiger partial charge in [-0.25, -0.2) is 13.4 Å². The Kier molecular flexibility index (Phi) is 6.76. The van der Waals surface area contributed by atoms with Gasteiger partial charge < -0.3 is 49.0 Å². The summed E-state index contributed by atoms with van der Waals surface area (Å²) in [4.78, 5) is 4.04. The zero-order valence-electron chi connectivity index (χ0n) is 15.0. The van der Waals surface area contributed by atoms with E-state index in [0.717, 1.165) is 0 Å². The Labute approximate surface area is 165 Å². The first-order valence-corrected chi connectivity index (χ1v) is 9.96. The summed E-state index contributed by atoms with van der Waals surface area (Å²) in [5.74, 6) is 0.184. The predicted molar refractivity (Wildman–Crippen MR) is 86.9 cm³/mol. The SMILES string of the molecule is CC1=N[C@H]2[C@@H](O1)O[C@H](COS(=O)(=O)[O-])[C@@H](O[C@@H]1O[C@H](CO)[C@H](O)[C@H](O)[C@H]1O)[C@@H]2O. The first-order chi connectivity index (χ1) is 13.5. The molecule has 15 heteroatoms. The van der Waals surface area contributed by atoms with Crippen molar-refractivity contribution in [1.29, 1.82) is 0 Å². The van der Waals surface area contributed by atoms with Crippen LogP contribution >= 0.6 is 0 Å². The van der Waals surface area contributed by atoms with Crippen molar-refractivity contribution in [2.75, 3.05) is 13.2 Å². The number of aliphatic imine (C=N–C) groups is 1. The van der Waals surface area contributed by atoms with Gasteiger partial charge in [-0.2, -0.15) is 0 Å². The van der Waals surface area contributed by atoms with Crippen molar-refractivity contribution in [3.8, 4) is 0 Å². The highest BCUT2D eigenvalue weighted by Gasteiger charge is 2.53. The number of fused-ring (bicyclic) bond motifs is 1. The molecular weight excluding hydrogens is 422 g/mol. The van der Waals surface area contributed by atoms with Crippen LogP contribution in [-0.2, 0) is 33.5 Å². The van der Waals surface area contributed by atoms with Crippen LogP contribution in [0, 0.1) is 0 Å². The third kappa shape index (κ3) is 4.86. The molecule has 0 aromatic carbocycles. The molecule has 0 saturated carbocycles. The molecule has 0 bridgehead atoms. The van der Waals surface area contributed by atoms with Crippen LogP contribution < -0.4 is 0 Å². The molecule has 0 aromatic rings. The van der Waals surface area contributed by atoms with E-state index in [1.54, 1.807) is 0 Å². The number of hydrogen-bond donors (Lipinski definition) is 5. The molecule has 3 heterocycles. The van der Waals surface area contributed by atoms with Gasteiger partial charge >= 0.3 is 0 Å².